The van der Waals surface area contributed by atoms with Crippen molar-refractivity contribution in [1.82, 2.24) is 15.1 Å². The Bertz CT molecular complexity index is 905. The molecule has 1 aromatic carbocycles. The Morgan fingerprint density at radius 3 is 2.79 bits per heavy atom. The molecular weight excluding hydrogens is 325 g/mol. The molecule has 0 saturated heterocycles. The van der Waals surface area contributed by atoms with Gasteiger partial charge in [-0.3, -0.25) is 10.0 Å². The van der Waals surface area contributed by atoms with Gasteiger partial charge in [0.2, 0.25) is 12.4 Å². The highest BCUT2D eigenvalue weighted by Crippen LogP contribution is 2.20. The molecule has 2 N–H and O–H groups in total. The maximum Gasteiger partial charge on any atom is 0.405 e. The number of alkyl halides is 3. The van der Waals surface area contributed by atoms with Gasteiger partial charge in [-0.2, -0.15) is 18.3 Å². The second kappa shape index (κ2) is 5.84. The zero-order valence-corrected chi connectivity index (χ0v) is 12.2. The lowest BCUT2D eigenvalue weighted by molar-refractivity contribution is -0.904. The summed E-state index contributed by atoms with van der Waals surface area (Å²) >= 11 is 0. The van der Waals surface area contributed by atoms with Crippen molar-refractivity contribution >= 4 is 16.8 Å². The minimum atomic E-state index is -4.48. The lowest BCUT2D eigenvalue weighted by atomic mass is 10.1. The van der Waals surface area contributed by atoms with Crippen LogP contribution in [0.2, 0.25) is 0 Å². The number of pyridine rings is 1. The van der Waals surface area contributed by atoms with Crippen molar-refractivity contribution in [3.8, 4) is 5.69 Å². The molecule has 6 nitrogen and oxygen atoms in total. The highest BCUT2D eigenvalue weighted by molar-refractivity contribution is 6.06. The Hall–Kier alpha value is -3.10. The van der Waals surface area contributed by atoms with Crippen LogP contribution in [-0.2, 0) is 0 Å². The molecule has 0 fully saturated rings. The topological polar surface area (TPSA) is 71.0 Å². The molecule has 0 bridgehead atoms. The lowest BCUT2D eigenvalue weighted by Crippen LogP contribution is -2.33. The highest BCUT2D eigenvalue weighted by Gasteiger charge is 2.28. The number of halogens is 3. The first kappa shape index (κ1) is 15.8. The largest absolute Gasteiger partial charge is 0.405 e. The summed E-state index contributed by atoms with van der Waals surface area (Å²) in [4.78, 5) is 12.0. The van der Waals surface area contributed by atoms with Crippen LogP contribution in [-0.4, -0.2) is 33.6 Å². The normalized spacial score (nSPS) is 11.6. The SMILES string of the molecule is O=C(NCC(F)(F)F)c1cccc2nn(-c3ccc[n+](O)c3)cc12. The van der Waals surface area contributed by atoms with Crippen LogP contribution < -0.4 is 10.0 Å². The molecule has 0 unspecified atom stereocenters. The third-order valence-corrected chi connectivity index (χ3v) is 3.28. The second-order valence-corrected chi connectivity index (χ2v) is 5.05. The summed E-state index contributed by atoms with van der Waals surface area (Å²) in [5.74, 6) is -0.831. The summed E-state index contributed by atoms with van der Waals surface area (Å²) in [6.45, 7) is -1.40. The van der Waals surface area contributed by atoms with E-state index in [2.05, 4.69) is 5.10 Å². The van der Waals surface area contributed by atoms with E-state index in [4.69, 9.17) is 0 Å². The van der Waals surface area contributed by atoms with Gasteiger partial charge in [-0.25, -0.2) is 4.68 Å². The van der Waals surface area contributed by atoms with Gasteiger partial charge < -0.3 is 5.32 Å². The minimum Gasteiger partial charge on any atom is -0.343 e. The highest BCUT2D eigenvalue weighted by atomic mass is 19.4. The molecule has 0 aliphatic carbocycles. The van der Waals surface area contributed by atoms with Crippen LogP contribution in [0.1, 0.15) is 10.4 Å². The van der Waals surface area contributed by atoms with E-state index in [1.807, 2.05) is 5.32 Å². The number of amides is 1. The predicted molar refractivity (Wildman–Crippen MR) is 76.8 cm³/mol. The van der Waals surface area contributed by atoms with Gasteiger partial charge in [0.15, 0.2) is 0 Å². The number of rotatable bonds is 3. The Kier molecular flexibility index (Phi) is 3.84. The lowest BCUT2D eigenvalue weighted by Gasteiger charge is -2.08. The van der Waals surface area contributed by atoms with Gasteiger partial charge in [0.1, 0.15) is 12.2 Å². The molecule has 0 spiro atoms. The number of hydrogen-bond donors (Lipinski definition) is 2. The van der Waals surface area contributed by atoms with Gasteiger partial charge in [-0.15, -0.1) is 0 Å². The van der Waals surface area contributed by atoms with Gasteiger partial charge in [0.25, 0.3) is 5.91 Å². The van der Waals surface area contributed by atoms with Crippen LogP contribution >= 0.6 is 0 Å². The van der Waals surface area contributed by atoms with E-state index in [0.29, 0.717) is 16.6 Å². The first-order chi connectivity index (χ1) is 11.3. The van der Waals surface area contributed by atoms with Crippen LogP contribution in [0, 0.1) is 0 Å². The summed E-state index contributed by atoms with van der Waals surface area (Å²) in [6, 6.07) is 7.89. The zero-order valence-electron chi connectivity index (χ0n) is 12.2. The van der Waals surface area contributed by atoms with E-state index < -0.39 is 18.6 Å². The summed E-state index contributed by atoms with van der Waals surface area (Å²) < 4.78 is 39.0. The molecule has 0 atom stereocenters. The van der Waals surface area contributed by atoms with Crippen molar-refractivity contribution < 1.29 is 27.9 Å². The van der Waals surface area contributed by atoms with Crippen LogP contribution in [0.5, 0.6) is 0 Å². The number of fused-ring (bicyclic) bond motifs is 1. The fourth-order valence-corrected chi connectivity index (χ4v) is 2.24. The van der Waals surface area contributed by atoms with Crippen LogP contribution in [0.4, 0.5) is 13.2 Å². The molecular formula is C15H12F3N4O2+. The third kappa shape index (κ3) is 3.29. The van der Waals surface area contributed by atoms with Crippen molar-refractivity contribution in [2.45, 2.75) is 6.18 Å². The Morgan fingerprint density at radius 1 is 1.29 bits per heavy atom. The summed E-state index contributed by atoms with van der Waals surface area (Å²) in [5.41, 5.74) is 1.07. The smallest absolute Gasteiger partial charge is 0.343 e. The second-order valence-electron chi connectivity index (χ2n) is 5.05. The zero-order chi connectivity index (χ0) is 17.3. The molecule has 3 rings (SSSR count). The monoisotopic (exact) mass is 337 g/mol. The Labute approximate surface area is 133 Å². The molecule has 1 amide bonds. The summed E-state index contributed by atoms with van der Waals surface area (Å²) in [6.07, 6.45) is -0.141. The van der Waals surface area contributed by atoms with E-state index >= 15 is 0 Å². The number of nitrogens with one attached hydrogen (secondary N) is 1. The molecule has 24 heavy (non-hydrogen) atoms. The molecule has 0 aliphatic heterocycles. The first-order valence-corrected chi connectivity index (χ1v) is 6.88. The average Bonchev–Trinajstić information content (AvgIpc) is 2.96. The van der Waals surface area contributed by atoms with Crippen LogP contribution in [0.25, 0.3) is 16.6 Å². The van der Waals surface area contributed by atoms with Gasteiger partial charge in [0, 0.05) is 22.4 Å². The molecule has 124 valence electrons. The Morgan fingerprint density at radius 2 is 2.08 bits per heavy atom. The number of aromatic nitrogens is 3. The Balaban J connectivity index is 1.97. The molecule has 2 heterocycles. The van der Waals surface area contributed by atoms with Crippen LogP contribution in [0.15, 0.2) is 48.9 Å². The number of carbonyl (C=O) groups is 1. The van der Waals surface area contributed by atoms with Gasteiger partial charge in [0.05, 0.1) is 11.1 Å². The number of nitrogens with zero attached hydrogens (tertiary/aromatic N) is 3. The van der Waals surface area contributed by atoms with Crippen molar-refractivity contribution in [3.05, 3.63) is 54.5 Å². The molecule has 0 aliphatic rings. The minimum absolute atomic E-state index is 0.0933. The van der Waals surface area contributed by atoms with Crippen molar-refractivity contribution in [3.63, 3.8) is 0 Å². The molecule has 0 saturated carbocycles. The summed E-state index contributed by atoms with van der Waals surface area (Å²) in [7, 11) is 0. The molecule has 9 heteroatoms. The fourth-order valence-electron chi connectivity index (χ4n) is 2.24. The average molecular weight is 337 g/mol. The standard InChI is InChI=1S/C15H11F3N4O2/c16-15(17,18)9-19-14(23)11-4-1-5-13-12(11)8-22(20-13)10-3-2-6-21(24)7-10/h1-8H,9H2,(H-,19,23,24)/p+1. The molecule has 3 aromatic rings. The summed E-state index contributed by atoms with van der Waals surface area (Å²) in [5, 5.41) is 16.0. The van der Waals surface area contributed by atoms with E-state index in [1.165, 1.54) is 29.3 Å². The third-order valence-electron chi connectivity index (χ3n) is 3.28. The number of hydrogen-bond acceptors (Lipinski definition) is 3. The number of benzene rings is 1. The van der Waals surface area contributed by atoms with Gasteiger partial charge in [-0.05, 0) is 18.2 Å². The fraction of sp³-hybridized carbons (Fsp3) is 0.133. The van der Waals surface area contributed by atoms with Crippen molar-refractivity contribution in [2.75, 3.05) is 6.54 Å². The maximum atomic E-state index is 12.3. The van der Waals surface area contributed by atoms with Gasteiger partial charge in [-0.1, -0.05) is 6.07 Å². The molecule has 0 radical (unpaired) electrons. The van der Waals surface area contributed by atoms with Crippen molar-refractivity contribution in [2.24, 2.45) is 0 Å². The quantitative estimate of drug-likeness (QED) is 0.566. The van der Waals surface area contributed by atoms with E-state index in [9.17, 15) is 23.2 Å². The molecule has 2 aromatic heterocycles. The predicted octanol–water partition coefficient (Wildman–Crippen LogP) is 1.84. The van der Waals surface area contributed by atoms with E-state index in [0.717, 1.165) is 4.73 Å². The van der Waals surface area contributed by atoms with Crippen molar-refractivity contribution in [1.29, 1.82) is 0 Å². The van der Waals surface area contributed by atoms with Gasteiger partial charge >= 0.3 is 6.18 Å². The van der Waals surface area contributed by atoms with E-state index in [1.54, 1.807) is 24.3 Å². The number of carbonyl (C=O) groups excluding carboxylic acids is 1. The first-order valence-electron chi connectivity index (χ1n) is 6.88. The van der Waals surface area contributed by atoms with Crippen LogP contribution in [0.3, 0.4) is 0 Å². The van der Waals surface area contributed by atoms with E-state index in [-0.39, 0.29) is 5.56 Å². The maximum absolute atomic E-state index is 12.3.